The Bertz CT molecular complexity index is 917. The molecule has 2 heterocycles. The second kappa shape index (κ2) is 7.40. The lowest BCUT2D eigenvalue weighted by atomic mass is 10.1. The van der Waals surface area contributed by atoms with E-state index in [9.17, 15) is 14.4 Å². The Morgan fingerprint density at radius 3 is 2.59 bits per heavy atom. The van der Waals surface area contributed by atoms with Gasteiger partial charge in [0.25, 0.3) is 0 Å². The summed E-state index contributed by atoms with van der Waals surface area (Å²) >= 11 is 1.06. The van der Waals surface area contributed by atoms with Crippen molar-refractivity contribution in [3.8, 4) is 0 Å². The molecular weight excluding hydrogens is 370 g/mol. The van der Waals surface area contributed by atoms with E-state index in [0.29, 0.717) is 26.6 Å². The molecule has 1 aliphatic rings. The molecule has 1 atom stereocenters. The minimum Gasteiger partial charge on any atom is -0.465 e. The van der Waals surface area contributed by atoms with E-state index in [0.717, 1.165) is 11.3 Å². The summed E-state index contributed by atoms with van der Waals surface area (Å²) in [6.45, 7) is 5.14. The van der Waals surface area contributed by atoms with Crippen LogP contribution in [0.4, 0.5) is 5.00 Å². The van der Waals surface area contributed by atoms with Gasteiger partial charge in [0.2, 0.25) is 6.23 Å². The first-order valence-corrected chi connectivity index (χ1v) is 9.14. The number of methoxy groups -OCH3 is 1. The number of nitrogens with one attached hydrogen (secondary N) is 1. The Labute approximate surface area is 160 Å². The number of benzene rings is 1. The molecule has 8 heteroatoms. The number of thiophene rings is 1. The van der Waals surface area contributed by atoms with Crippen molar-refractivity contribution in [2.24, 2.45) is 0 Å². The number of carbonyl (C=O) groups is 3. The Morgan fingerprint density at radius 2 is 1.93 bits per heavy atom. The third-order valence-electron chi connectivity index (χ3n) is 4.01. The number of hydrogen-bond donors (Lipinski definition) is 1. The molecule has 3 rings (SSSR count). The fourth-order valence-electron chi connectivity index (χ4n) is 2.80. The monoisotopic (exact) mass is 389 g/mol. The Kier molecular flexibility index (Phi) is 5.18. The van der Waals surface area contributed by atoms with Crippen molar-refractivity contribution in [3.05, 3.63) is 51.4 Å². The molecule has 0 fully saturated rings. The number of rotatable bonds is 5. The zero-order chi connectivity index (χ0) is 19.7. The van der Waals surface area contributed by atoms with Crippen LogP contribution < -0.4 is 5.32 Å². The van der Waals surface area contributed by atoms with Crippen molar-refractivity contribution in [1.82, 2.24) is 0 Å². The smallest absolute Gasteiger partial charge is 0.348 e. The molecule has 0 bridgehead atoms. The standard InChI is InChI=1S/C19H19NO6S/c1-9(2)25-19(23)14-10(3)13(18(22)24-4)16(27-14)20-15-11-7-5-6-8-12(11)17(21)26-15/h5-9,15,20H,1-4H3/t15-/m0/s1. The molecule has 1 aliphatic heterocycles. The molecule has 0 aliphatic carbocycles. The first kappa shape index (κ1) is 18.9. The van der Waals surface area contributed by atoms with Crippen LogP contribution in [0.1, 0.15) is 61.6 Å². The summed E-state index contributed by atoms with van der Waals surface area (Å²) in [4.78, 5) is 37.0. The molecule has 1 aromatic heterocycles. The van der Waals surface area contributed by atoms with E-state index in [1.807, 2.05) is 0 Å². The van der Waals surface area contributed by atoms with Gasteiger partial charge in [0.05, 0.1) is 24.3 Å². The number of fused-ring (bicyclic) bond motifs is 1. The maximum absolute atomic E-state index is 12.4. The second-order valence-corrected chi connectivity index (χ2v) is 7.24. The van der Waals surface area contributed by atoms with E-state index >= 15 is 0 Å². The molecule has 7 nitrogen and oxygen atoms in total. The van der Waals surface area contributed by atoms with Gasteiger partial charge in [-0.15, -0.1) is 11.3 Å². The third kappa shape index (κ3) is 3.52. The number of ether oxygens (including phenoxy) is 3. The summed E-state index contributed by atoms with van der Waals surface area (Å²) in [6.07, 6.45) is -1.05. The van der Waals surface area contributed by atoms with Crippen LogP contribution in [0.2, 0.25) is 0 Å². The molecule has 27 heavy (non-hydrogen) atoms. The van der Waals surface area contributed by atoms with E-state index in [2.05, 4.69) is 5.32 Å². The van der Waals surface area contributed by atoms with Crippen LogP contribution in [0, 0.1) is 6.92 Å². The van der Waals surface area contributed by atoms with Crippen molar-refractivity contribution in [2.75, 3.05) is 12.4 Å². The van der Waals surface area contributed by atoms with Gasteiger partial charge in [-0.3, -0.25) is 0 Å². The predicted molar refractivity (Wildman–Crippen MR) is 99.2 cm³/mol. The van der Waals surface area contributed by atoms with Gasteiger partial charge in [-0.1, -0.05) is 18.2 Å². The summed E-state index contributed by atoms with van der Waals surface area (Å²) in [5.41, 5.74) is 1.80. The van der Waals surface area contributed by atoms with Gasteiger partial charge in [-0.2, -0.15) is 0 Å². The second-order valence-electron chi connectivity index (χ2n) is 6.22. The van der Waals surface area contributed by atoms with Crippen LogP contribution >= 0.6 is 11.3 Å². The van der Waals surface area contributed by atoms with Gasteiger partial charge < -0.3 is 19.5 Å². The summed E-state index contributed by atoms with van der Waals surface area (Å²) in [5.74, 6) is -1.56. The minimum absolute atomic E-state index is 0.221. The summed E-state index contributed by atoms with van der Waals surface area (Å²) < 4.78 is 15.5. The first-order chi connectivity index (χ1) is 12.8. The van der Waals surface area contributed by atoms with Crippen LogP contribution in [-0.4, -0.2) is 31.1 Å². The Hall–Kier alpha value is -2.87. The molecule has 0 saturated heterocycles. The van der Waals surface area contributed by atoms with Gasteiger partial charge in [-0.25, -0.2) is 14.4 Å². The molecule has 0 radical (unpaired) electrons. The first-order valence-electron chi connectivity index (χ1n) is 8.32. The van der Waals surface area contributed by atoms with E-state index < -0.39 is 24.1 Å². The van der Waals surface area contributed by atoms with Crippen molar-refractivity contribution < 1.29 is 28.6 Å². The van der Waals surface area contributed by atoms with Crippen LogP contribution in [-0.2, 0) is 14.2 Å². The fraction of sp³-hybridized carbons (Fsp3) is 0.316. The lowest BCUT2D eigenvalue weighted by Crippen LogP contribution is -2.13. The maximum atomic E-state index is 12.4. The summed E-state index contributed by atoms with van der Waals surface area (Å²) in [7, 11) is 1.26. The van der Waals surface area contributed by atoms with Crippen molar-refractivity contribution >= 4 is 34.2 Å². The molecule has 142 valence electrons. The van der Waals surface area contributed by atoms with Gasteiger partial charge in [0.15, 0.2) is 0 Å². The highest BCUT2D eigenvalue weighted by Gasteiger charge is 2.34. The largest absolute Gasteiger partial charge is 0.465 e. The number of cyclic esters (lactones) is 1. The van der Waals surface area contributed by atoms with E-state index in [1.165, 1.54) is 7.11 Å². The molecule has 0 unspecified atom stereocenters. The Morgan fingerprint density at radius 1 is 1.22 bits per heavy atom. The molecule has 1 N–H and O–H groups in total. The number of carbonyl (C=O) groups excluding carboxylic acids is 3. The van der Waals surface area contributed by atoms with Crippen LogP contribution in [0.5, 0.6) is 0 Å². The number of esters is 3. The maximum Gasteiger partial charge on any atom is 0.348 e. The average Bonchev–Trinajstić information content (AvgIpc) is 3.12. The van der Waals surface area contributed by atoms with E-state index in [1.54, 1.807) is 45.0 Å². The molecule has 2 aromatic rings. The molecule has 0 spiro atoms. The highest BCUT2D eigenvalue weighted by molar-refractivity contribution is 7.18. The zero-order valence-electron chi connectivity index (χ0n) is 15.3. The minimum atomic E-state index is -0.760. The van der Waals surface area contributed by atoms with Crippen molar-refractivity contribution in [2.45, 2.75) is 33.1 Å². The lowest BCUT2D eigenvalue weighted by molar-refractivity contribution is 0.0381. The van der Waals surface area contributed by atoms with Gasteiger partial charge >= 0.3 is 17.9 Å². The van der Waals surface area contributed by atoms with E-state index in [4.69, 9.17) is 14.2 Å². The third-order valence-corrected chi connectivity index (χ3v) is 5.22. The number of hydrogen-bond acceptors (Lipinski definition) is 8. The van der Waals surface area contributed by atoms with Crippen LogP contribution in [0.3, 0.4) is 0 Å². The predicted octanol–water partition coefficient (Wildman–Crippen LogP) is 3.69. The molecule has 0 saturated carbocycles. The molecule has 0 amide bonds. The lowest BCUT2D eigenvalue weighted by Gasteiger charge is -2.14. The molecule has 1 aromatic carbocycles. The van der Waals surface area contributed by atoms with Gasteiger partial charge in [0.1, 0.15) is 9.88 Å². The summed E-state index contributed by atoms with van der Waals surface area (Å²) in [5, 5.41) is 3.43. The van der Waals surface area contributed by atoms with E-state index in [-0.39, 0.29) is 11.7 Å². The van der Waals surface area contributed by atoms with Crippen LogP contribution in [0.25, 0.3) is 0 Å². The molecular formula is C19H19NO6S. The SMILES string of the molecule is COC(=O)c1c(N[C@H]2OC(=O)c3ccccc32)sc(C(=O)OC(C)C)c1C. The number of anilines is 1. The van der Waals surface area contributed by atoms with Gasteiger partial charge in [-0.05, 0) is 32.4 Å². The average molecular weight is 389 g/mol. The topological polar surface area (TPSA) is 90.9 Å². The quantitative estimate of drug-likeness (QED) is 0.616. The highest BCUT2D eigenvalue weighted by Crippen LogP contribution is 2.39. The normalized spacial score (nSPS) is 15.3. The highest BCUT2D eigenvalue weighted by atomic mass is 32.1. The van der Waals surface area contributed by atoms with Gasteiger partial charge in [0, 0.05) is 5.56 Å². The van der Waals surface area contributed by atoms with Crippen molar-refractivity contribution in [3.63, 3.8) is 0 Å². The Balaban J connectivity index is 1.99. The summed E-state index contributed by atoms with van der Waals surface area (Å²) in [6, 6.07) is 6.98. The fourth-order valence-corrected chi connectivity index (χ4v) is 3.89. The van der Waals surface area contributed by atoms with Crippen molar-refractivity contribution in [1.29, 1.82) is 0 Å². The zero-order valence-corrected chi connectivity index (χ0v) is 16.1. The van der Waals surface area contributed by atoms with Crippen LogP contribution in [0.15, 0.2) is 24.3 Å².